The van der Waals surface area contributed by atoms with Crippen LogP contribution < -0.4 is 20.3 Å². The molecule has 180 valence electrons. The maximum atomic E-state index is 12.9. The fraction of sp³-hybridized carbons (Fsp3) is 0.435. The number of benzene rings is 2. The summed E-state index contributed by atoms with van der Waals surface area (Å²) in [4.78, 5) is 16.2. The molecule has 1 aliphatic heterocycles. The Labute approximate surface area is 191 Å². The first-order valence-electron chi connectivity index (χ1n) is 10.8. The van der Waals surface area contributed by atoms with E-state index in [1.54, 1.807) is 18.2 Å². The second-order valence-corrected chi connectivity index (χ2v) is 7.85. The number of hydrogen-bond donors (Lipinski definition) is 3. The quantitative estimate of drug-likeness (QED) is 0.520. The van der Waals surface area contributed by atoms with Crippen LogP contribution in [0.2, 0.25) is 0 Å². The summed E-state index contributed by atoms with van der Waals surface area (Å²) in [5.74, 6) is 0.393. The number of alkyl halides is 3. The Bertz CT molecular complexity index is 931. The molecular formula is C23H29F3N4O3. The molecule has 2 amide bonds. The highest BCUT2D eigenvalue weighted by Crippen LogP contribution is 2.32. The number of halogens is 3. The van der Waals surface area contributed by atoms with Gasteiger partial charge >= 0.3 is 12.2 Å². The number of piperazine rings is 1. The third-order valence-corrected chi connectivity index (χ3v) is 5.54. The molecule has 2 aromatic carbocycles. The summed E-state index contributed by atoms with van der Waals surface area (Å²) in [6.07, 6.45) is -3.57. The van der Waals surface area contributed by atoms with Crippen molar-refractivity contribution < 1.29 is 27.8 Å². The summed E-state index contributed by atoms with van der Waals surface area (Å²) < 4.78 is 43.8. The van der Waals surface area contributed by atoms with Crippen LogP contribution in [0.15, 0.2) is 42.5 Å². The Morgan fingerprint density at radius 3 is 2.55 bits per heavy atom. The van der Waals surface area contributed by atoms with Gasteiger partial charge in [0.15, 0.2) is 11.5 Å². The summed E-state index contributed by atoms with van der Waals surface area (Å²) in [5.41, 5.74) is 0.767. The average Bonchev–Trinajstić information content (AvgIpc) is 2.81. The first kappa shape index (κ1) is 24.5. The molecule has 0 aliphatic carbocycles. The SMILES string of the molecule is COc1cc(CNC(=O)NCCCN2CCN(c3cccc(C(F)(F)F)c3)CC2)ccc1O. The second-order valence-electron chi connectivity index (χ2n) is 7.85. The highest BCUT2D eigenvalue weighted by molar-refractivity contribution is 5.73. The Balaban J connectivity index is 1.33. The normalized spacial score (nSPS) is 14.7. The maximum Gasteiger partial charge on any atom is 0.416 e. The highest BCUT2D eigenvalue weighted by Gasteiger charge is 2.31. The van der Waals surface area contributed by atoms with Crippen molar-refractivity contribution in [2.75, 3.05) is 51.3 Å². The highest BCUT2D eigenvalue weighted by atomic mass is 19.4. The molecule has 0 bridgehead atoms. The first-order chi connectivity index (χ1) is 15.8. The smallest absolute Gasteiger partial charge is 0.416 e. The van der Waals surface area contributed by atoms with Crippen molar-refractivity contribution in [2.24, 2.45) is 0 Å². The van der Waals surface area contributed by atoms with Gasteiger partial charge in [-0.2, -0.15) is 13.2 Å². The van der Waals surface area contributed by atoms with Crippen LogP contribution in [-0.4, -0.2) is 62.4 Å². The lowest BCUT2D eigenvalue weighted by Gasteiger charge is -2.36. The van der Waals surface area contributed by atoms with Crippen LogP contribution in [0.1, 0.15) is 17.5 Å². The number of amides is 2. The van der Waals surface area contributed by atoms with Gasteiger partial charge in [0.1, 0.15) is 0 Å². The number of phenolic OH excluding ortho intramolecular Hbond substituents is 1. The van der Waals surface area contributed by atoms with E-state index < -0.39 is 11.7 Å². The molecule has 0 saturated carbocycles. The largest absolute Gasteiger partial charge is 0.504 e. The Hall–Kier alpha value is -3.14. The van der Waals surface area contributed by atoms with Gasteiger partial charge in [0.05, 0.1) is 12.7 Å². The molecule has 3 rings (SSSR count). The van der Waals surface area contributed by atoms with E-state index in [9.17, 15) is 23.1 Å². The number of rotatable bonds is 8. The lowest BCUT2D eigenvalue weighted by Crippen LogP contribution is -2.47. The Morgan fingerprint density at radius 2 is 1.85 bits per heavy atom. The number of hydrogen-bond acceptors (Lipinski definition) is 5. The molecule has 1 aliphatic rings. The summed E-state index contributed by atoms with van der Waals surface area (Å²) in [5, 5.41) is 15.2. The molecule has 3 N–H and O–H groups in total. The van der Waals surface area contributed by atoms with Crippen molar-refractivity contribution in [3.8, 4) is 11.5 Å². The van der Waals surface area contributed by atoms with E-state index in [-0.39, 0.29) is 11.8 Å². The van der Waals surface area contributed by atoms with Crippen LogP contribution >= 0.6 is 0 Å². The van der Waals surface area contributed by atoms with Crippen molar-refractivity contribution in [2.45, 2.75) is 19.1 Å². The summed E-state index contributed by atoms with van der Waals surface area (Å²) in [6, 6.07) is 10.0. The van der Waals surface area contributed by atoms with Gasteiger partial charge in [-0.1, -0.05) is 12.1 Å². The Kier molecular flexibility index (Phi) is 8.26. The lowest BCUT2D eigenvalue weighted by atomic mass is 10.1. The maximum absolute atomic E-state index is 12.9. The number of carbonyl (C=O) groups is 1. The molecule has 0 spiro atoms. The van der Waals surface area contributed by atoms with Crippen molar-refractivity contribution in [3.05, 3.63) is 53.6 Å². The van der Waals surface area contributed by atoms with Gasteiger partial charge in [0.25, 0.3) is 0 Å². The summed E-state index contributed by atoms with van der Waals surface area (Å²) >= 11 is 0. The zero-order valence-electron chi connectivity index (χ0n) is 18.5. The minimum Gasteiger partial charge on any atom is -0.504 e. The molecule has 1 saturated heterocycles. The molecule has 0 atom stereocenters. The second kappa shape index (κ2) is 11.1. The van der Waals surface area contributed by atoms with Crippen LogP contribution in [0.3, 0.4) is 0 Å². The van der Waals surface area contributed by atoms with Crippen LogP contribution in [0, 0.1) is 0 Å². The van der Waals surface area contributed by atoms with Gasteiger partial charge in [-0.05, 0) is 48.9 Å². The minimum absolute atomic E-state index is 0.0429. The molecule has 1 heterocycles. The fourth-order valence-electron chi connectivity index (χ4n) is 3.69. The third-order valence-electron chi connectivity index (χ3n) is 5.54. The van der Waals surface area contributed by atoms with E-state index in [0.717, 1.165) is 37.7 Å². The molecule has 0 unspecified atom stereocenters. The zero-order valence-corrected chi connectivity index (χ0v) is 18.5. The van der Waals surface area contributed by atoms with Crippen LogP contribution in [0.25, 0.3) is 0 Å². The van der Waals surface area contributed by atoms with Crippen LogP contribution in [-0.2, 0) is 12.7 Å². The van der Waals surface area contributed by atoms with E-state index in [2.05, 4.69) is 15.5 Å². The van der Waals surface area contributed by atoms with E-state index in [0.29, 0.717) is 37.6 Å². The first-order valence-corrected chi connectivity index (χ1v) is 10.8. The molecule has 7 nitrogen and oxygen atoms in total. The van der Waals surface area contributed by atoms with Gasteiger partial charge in [-0.3, -0.25) is 4.90 Å². The molecule has 2 aromatic rings. The molecule has 1 fully saturated rings. The minimum atomic E-state index is -4.34. The van der Waals surface area contributed by atoms with E-state index in [1.807, 2.05) is 4.90 Å². The molecule has 0 radical (unpaired) electrons. The molecule has 10 heteroatoms. The molecular weight excluding hydrogens is 437 g/mol. The number of nitrogens with zero attached hydrogens (tertiary/aromatic N) is 2. The van der Waals surface area contributed by atoms with E-state index >= 15 is 0 Å². The predicted octanol–water partition coefficient (Wildman–Crippen LogP) is 3.43. The standard InChI is InChI=1S/C23H29F3N4O3/c1-33-21-14-17(6-7-20(21)31)16-28-22(32)27-8-3-9-29-10-12-30(13-11-29)19-5-2-4-18(15-19)23(24,25)26/h2,4-7,14-15,31H,3,8-13,16H2,1H3,(H2,27,28,32). The monoisotopic (exact) mass is 466 g/mol. The Morgan fingerprint density at radius 1 is 1.09 bits per heavy atom. The van der Waals surface area contributed by atoms with Gasteiger partial charge in [0.2, 0.25) is 0 Å². The predicted molar refractivity (Wildman–Crippen MR) is 120 cm³/mol. The fourth-order valence-corrected chi connectivity index (χ4v) is 3.69. The zero-order chi connectivity index (χ0) is 23.8. The summed E-state index contributed by atoms with van der Waals surface area (Å²) in [7, 11) is 1.46. The number of anilines is 1. The number of ether oxygens (including phenoxy) is 1. The van der Waals surface area contributed by atoms with Crippen molar-refractivity contribution in [1.82, 2.24) is 15.5 Å². The molecule has 33 heavy (non-hydrogen) atoms. The van der Waals surface area contributed by atoms with Crippen LogP contribution in [0.4, 0.5) is 23.7 Å². The number of phenols is 1. The summed E-state index contributed by atoms with van der Waals surface area (Å²) in [6.45, 7) is 4.44. The van der Waals surface area contributed by atoms with Crippen molar-refractivity contribution >= 4 is 11.7 Å². The van der Waals surface area contributed by atoms with E-state index in [1.165, 1.54) is 25.3 Å². The van der Waals surface area contributed by atoms with Gasteiger partial charge in [0, 0.05) is 45.0 Å². The third kappa shape index (κ3) is 7.18. The van der Waals surface area contributed by atoms with Crippen molar-refractivity contribution in [3.63, 3.8) is 0 Å². The molecule has 0 aromatic heterocycles. The van der Waals surface area contributed by atoms with Gasteiger partial charge in [-0.25, -0.2) is 4.79 Å². The lowest BCUT2D eigenvalue weighted by molar-refractivity contribution is -0.137. The topological polar surface area (TPSA) is 77.1 Å². The van der Waals surface area contributed by atoms with Gasteiger partial charge < -0.3 is 25.4 Å². The number of nitrogens with one attached hydrogen (secondary N) is 2. The van der Waals surface area contributed by atoms with E-state index in [4.69, 9.17) is 4.74 Å². The van der Waals surface area contributed by atoms with Crippen LogP contribution in [0.5, 0.6) is 11.5 Å². The number of carbonyl (C=O) groups excluding carboxylic acids is 1. The van der Waals surface area contributed by atoms with Gasteiger partial charge in [-0.15, -0.1) is 0 Å². The average molecular weight is 467 g/mol. The number of urea groups is 1. The number of aromatic hydroxyl groups is 1. The van der Waals surface area contributed by atoms with Crippen molar-refractivity contribution in [1.29, 1.82) is 0 Å². The number of methoxy groups -OCH3 is 1.